The fraction of sp³-hybridized carbons (Fsp3) is 0.0625. The number of rotatable bonds is 1. The van der Waals surface area contributed by atoms with Crippen molar-refractivity contribution in [3.8, 4) is 5.75 Å². The summed E-state index contributed by atoms with van der Waals surface area (Å²) in [4.78, 5) is 4.52. The molecule has 19 heavy (non-hydrogen) atoms. The van der Waals surface area contributed by atoms with Gasteiger partial charge in [-0.15, -0.1) is 0 Å². The third-order valence-electron chi connectivity index (χ3n) is 3.41. The van der Waals surface area contributed by atoms with Crippen molar-refractivity contribution in [2.45, 2.75) is 0 Å². The molecular weight excluding hydrogens is 238 g/mol. The molecule has 0 aliphatic heterocycles. The van der Waals surface area contributed by atoms with E-state index in [0.29, 0.717) is 0 Å². The van der Waals surface area contributed by atoms with Crippen molar-refractivity contribution in [1.82, 2.24) is 4.98 Å². The molecule has 2 aromatic heterocycles. The zero-order valence-corrected chi connectivity index (χ0v) is 10.4. The van der Waals surface area contributed by atoms with E-state index in [-0.39, 0.29) is 0 Å². The van der Waals surface area contributed by atoms with Crippen LogP contribution in [-0.2, 0) is 0 Å². The minimum Gasteiger partial charge on any atom is -0.497 e. The van der Waals surface area contributed by atoms with Gasteiger partial charge < -0.3 is 9.15 Å². The number of hydrogen-bond donors (Lipinski definition) is 0. The highest BCUT2D eigenvalue weighted by molar-refractivity contribution is 6.12. The third-order valence-corrected chi connectivity index (χ3v) is 3.41. The number of benzene rings is 2. The van der Waals surface area contributed by atoms with Crippen LogP contribution >= 0.6 is 0 Å². The summed E-state index contributed by atoms with van der Waals surface area (Å²) in [5, 5.41) is 3.16. The lowest BCUT2D eigenvalue weighted by atomic mass is 10.1. The fourth-order valence-corrected chi connectivity index (χ4v) is 2.45. The van der Waals surface area contributed by atoms with Crippen molar-refractivity contribution in [3.05, 3.63) is 48.7 Å². The number of pyridine rings is 1. The first kappa shape index (κ1) is 10.4. The standard InChI is InChI=1S/C16H11NO2/c1-18-11-6-7-14-13(8-11)15-16(19-14)12-5-3-2-4-10(12)9-17-15/h2-9H,1H3. The maximum atomic E-state index is 5.95. The number of hydrogen-bond acceptors (Lipinski definition) is 3. The Bertz CT molecular complexity index is 908. The van der Waals surface area contributed by atoms with E-state index in [1.54, 1.807) is 7.11 Å². The summed E-state index contributed by atoms with van der Waals surface area (Å²) in [5.74, 6) is 0.810. The van der Waals surface area contributed by atoms with Gasteiger partial charge >= 0.3 is 0 Å². The van der Waals surface area contributed by atoms with Crippen LogP contribution in [0.15, 0.2) is 53.1 Å². The van der Waals surface area contributed by atoms with Gasteiger partial charge in [0.2, 0.25) is 0 Å². The van der Waals surface area contributed by atoms with Gasteiger partial charge in [0.05, 0.1) is 12.5 Å². The molecular formula is C16H11NO2. The molecule has 92 valence electrons. The maximum Gasteiger partial charge on any atom is 0.161 e. The minimum atomic E-state index is 0.810. The van der Waals surface area contributed by atoms with Crippen LogP contribution in [0.1, 0.15) is 0 Å². The van der Waals surface area contributed by atoms with E-state index >= 15 is 0 Å². The molecule has 0 aliphatic rings. The van der Waals surface area contributed by atoms with Gasteiger partial charge in [-0.3, -0.25) is 4.98 Å². The smallest absolute Gasteiger partial charge is 0.161 e. The van der Waals surface area contributed by atoms with Crippen LogP contribution in [0.3, 0.4) is 0 Å². The average Bonchev–Trinajstić information content (AvgIpc) is 2.85. The molecule has 0 saturated carbocycles. The summed E-state index contributed by atoms with van der Waals surface area (Å²) < 4.78 is 11.2. The first-order valence-corrected chi connectivity index (χ1v) is 6.11. The Balaban J connectivity index is 2.21. The highest BCUT2D eigenvalue weighted by atomic mass is 16.5. The lowest BCUT2D eigenvalue weighted by molar-refractivity contribution is 0.415. The van der Waals surface area contributed by atoms with Crippen molar-refractivity contribution in [1.29, 1.82) is 0 Å². The van der Waals surface area contributed by atoms with Crippen LogP contribution in [-0.4, -0.2) is 12.1 Å². The van der Waals surface area contributed by atoms with Gasteiger partial charge in [0.1, 0.15) is 16.8 Å². The molecule has 4 aromatic rings. The monoisotopic (exact) mass is 249 g/mol. The van der Waals surface area contributed by atoms with E-state index in [4.69, 9.17) is 9.15 Å². The van der Waals surface area contributed by atoms with Gasteiger partial charge in [-0.1, -0.05) is 24.3 Å². The summed E-state index contributed by atoms with van der Waals surface area (Å²) in [6.45, 7) is 0. The van der Waals surface area contributed by atoms with Crippen molar-refractivity contribution in [2.24, 2.45) is 0 Å². The predicted octanol–water partition coefficient (Wildman–Crippen LogP) is 4.14. The van der Waals surface area contributed by atoms with Gasteiger partial charge in [-0.05, 0) is 18.2 Å². The normalized spacial score (nSPS) is 11.4. The lowest BCUT2D eigenvalue weighted by Crippen LogP contribution is -1.81. The van der Waals surface area contributed by atoms with Crippen molar-refractivity contribution < 1.29 is 9.15 Å². The first-order chi connectivity index (χ1) is 9.36. The van der Waals surface area contributed by atoms with Crippen LogP contribution in [0, 0.1) is 0 Å². The second-order valence-electron chi connectivity index (χ2n) is 4.49. The van der Waals surface area contributed by atoms with E-state index in [0.717, 1.165) is 38.6 Å². The summed E-state index contributed by atoms with van der Waals surface area (Å²) in [7, 11) is 1.66. The van der Waals surface area contributed by atoms with Crippen molar-refractivity contribution in [2.75, 3.05) is 7.11 Å². The van der Waals surface area contributed by atoms with Gasteiger partial charge in [-0.2, -0.15) is 0 Å². The Morgan fingerprint density at radius 3 is 2.84 bits per heavy atom. The molecule has 0 spiro atoms. The van der Waals surface area contributed by atoms with Crippen LogP contribution in [0.5, 0.6) is 5.75 Å². The van der Waals surface area contributed by atoms with Crippen LogP contribution in [0.4, 0.5) is 0 Å². The van der Waals surface area contributed by atoms with E-state index in [1.165, 1.54) is 0 Å². The van der Waals surface area contributed by atoms with Crippen LogP contribution in [0.25, 0.3) is 32.8 Å². The molecule has 0 bridgehead atoms. The number of fused-ring (bicyclic) bond motifs is 5. The molecule has 3 nitrogen and oxygen atoms in total. The summed E-state index contributed by atoms with van der Waals surface area (Å²) in [6, 6.07) is 13.9. The average molecular weight is 249 g/mol. The summed E-state index contributed by atoms with van der Waals surface area (Å²) in [5.41, 5.74) is 2.55. The van der Waals surface area contributed by atoms with E-state index < -0.39 is 0 Å². The highest BCUT2D eigenvalue weighted by Crippen LogP contribution is 2.33. The molecule has 0 N–H and O–H groups in total. The fourth-order valence-electron chi connectivity index (χ4n) is 2.45. The molecule has 0 saturated heterocycles. The molecule has 2 heterocycles. The molecule has 3 heteroatoms. The zero-order chi connectivity index (χ0) is 12.8. The van der Waals surface area contributed by atoms with Crippen LogP contribution < -0.4 is 4.74 Å². The molecule has 0 atom stereocenters. The zero-order valence-electron chi connectivity index (χ0n) is 10.4. The predicted molar refractivity (Wildman–Crippen MR) is 75.6 cm³/mol. The Morgan fingerprint density at radius 2 is 1.95 bits per heavy atom. The van der Waals surface area contributed by atoms with Crippen molar-refractivity contribution >= 4 is 32.8 Å². The van der Waals surface area contributed by atoms with E-state index in [9.17, 15) is 0 Å². The SMILES string of the molecule is COc1ccc2oc3c4ccccc4cnc3c2c1. The number of nitrogens with zero attached hydrogens (tertiary/aromatic N) is 1. The molecule has 0 unspecified atom stereocenters. The number of aromatic nitrogens is 1. The number of furan rings is 1. The van der Waals surface area contributed by atoms with Gasteiger partial charge in [0, 0.05) is 17.0 Å². The minimum absolute atomic E-state index is 0.810. The number of ether oxygens (including phenoxy) is 1. The topological polar surface area (TPSA) is 35.3 Å². The Labute approximate surface area is 109 Å². The first-order valence-electron chi connectivity index (χ1n) is 6.11. The molecule has 0 amide bonds. The molecule has 2 aromatic carbocycles. The summed E-state index contributed by atoms with van der Waals surface area (Å²) in [6.07, 6.45) is 1.88. The third kappa shape index (κ3) is 1.41. The number of methoxy groups -OCH3 is 1. The second-order valence-corrected chi connectivity index (χ2v) is 4.49. The second kappa shape index (κ2) is 3.72. The van der Waals surface area contributed by atoms with E-state index in [1.807, 2.05) is 42.6 Å². The molecule has 0 aliphatic carbocycles. The van der Waals surface area contributed by atoms with Crippen molar-refractivity contribution in [3.63, 3.8) is 0 Å². The quantitative estimate of drug-likeness (QED) is 0.508. The molecule has 0 radical (unpaired) electrons. The van der Waals surface area contributed by atoms with E-state index in [2.05, 4.69) is 11.1 Å². The molecule has 0 fully saturated rings. The molecule has 4 rings (SSSR count). The largest absolute Gasteiger partial charge is 0.497 e. The van der Waals surface area contributed by atoms with Gasteiger partial charge in [-0.25, -0.2) is 0 Å². The Morgan fingerprint density at radius 1 is 1.05 bits per heavy atom. The summed E-state index contributed by atoms with van der Waals surface area (Å²) >= 11 is 0. The van der Waals surface area contributed by atoms with Gasteiger partial charge in [0.25, 0.3) is 0 Å². The highest BCUT2D eigenvalue weighted by Gasteiger charge is 2.11. The Kier molecular flexibility index (Phi) is 2.03. The maximum absolute atomic E-state index is 5.95. The van der Waals surface area contributed by atoms with Crippen LogP contribution in [0.2, 0.25) is 0 Å². The lowest BCUT2D eigenvalue weighted by Gasteiger charge is -1.98. The Hall–Kier alpha value is -2.55. The van der Waals surface area contributed by atoms with Gasteiger partial charge in [0.15, 0.2) is 5.58 Å².